The minimum Gasteiger partial charge on any atom is -0.368 e. The van der Waals surface area contributed by atoms with Gasteiger partial charge >= 0.3 is 6.03 Å². The van der Waals surface area contributed by atoms with E-state index in [1.54, 1.807) is 11.3 Å². The standard InChI is InChI=1S/C20H19N7O2S/c21-17-23-15(24-18(25-17)22-12-5-2-1-3-6-12)11-27-16(28)20(26-19(27)29)9-4-7-14-13(20)8-10-30-14/h1-3,5-6,8,10H,4,7,9,11H2,(H,26,29)(H3,21,22,23,24,25). The number of carbonyl (C=O) groups is 2. The number of nitrogen functional groups attached to an aromatic ring is 1. The summed E-state index contributed by atoms with van der Waals surface area (Å²) in [4.78, 5) is 40.9. The molecule has 1 aromatic carbocycles. The van der Waals surface area contributed by atoms with Gasteiger partial charge in [0.1, 0.15) is 5.54 Å². The molecule has 1 aliphatic heterocycles. The fourth-order valence-corrected chi connectivity index (χ4v) is 5.04. The molecule has 0 saturated carbocycles. The Morgan fingerprint density at radius 3 is 2.83 bits per heavy atom. The molecular formula is C20H19N7O2S. The lowest BCUT2D eigenvalue weighted by Gasteiger charge is -2.31. The number of thiophene rings is 1. The molecule has 9 nitrogen and oxygen atoms in total. The molecule has 152 valence electrons. The second-order valence-corrected chi connectivity index (χ2v) is 8.26. The van der Waals surface area contributed by atoms with Crippen LogP contribution in [-0.4, -0.2) is 31.8 Å². The van der Waals surface area contributed by atoms with Crippen LogP contribution < -0.4 is 16.4 Å². The van der Waals surface area contributed by atoms with Crippen molar-refractivity contribution in [3.63, 3.8) is 0 Å². The average Bonchev–Trinajstić information content (AvgIpc) is 3.29. The molecule has 2 aromatic heterocycles. The fraction of sp³-hybridized carbons (Fsp3) is 0.250. The average molecular weight is 421 g/mol. The minimum atomic E-state index is -0.992. The van der Waals surface area contributed by atoms with Crippen molar-refractivity contribution in [1.29, 1.82) is 0 Å². The summed E-state index contributed by atoms with van der Waals surface area (Å²) in [5, 5.41) is 7.95. The van der Waals surface area contributed by atoms with E-state index in [4.69, 9.17) is 5.73 Å². The van der Waals surface area contributed by atoms with Gasteiger partial charge in [-0.1, -0.05) is 18.2 Å². The van der Waals surface area contributed by atoms with Gasteiger partial charge in [-0.05, 0) is 42.8 Å². The number of urea groups is 1. The van der Waals surface area contributed by atoms with Crippen LogP contribution in [0.25, 0.3) is 0 Å². The van der Waals surface area contributed by atoms with Crippen LogP contribution in [0.5, 0.6) is 0 Å². The Morgan fingerprint density at radius 2 is 2.00 bits per heavy atom. The van der Waals surface area contributed by atoms with E-state index in [9.17, 15) is 9.59 Å². The van der Waals surface area contributed by atoms with Crippen LogP contribution in [0.2, 0.25) is 0 Å². The van der Waals surface area contributed by atoms with E-state index in [-0.39, 0.29) is 30.2 Å². The molecule has 1 saturated heterocycles. The van der Waals surface area contributed by atoms with Crippen molar-refractivity contribution in [2.24, 2.45) is 0 Å². The highest BCUT2D eigenvalue weighted by Gasteiger charge is 2.54. The number of para-hydroxylation sites is 1. The molecule has 30 heavy (non-hydrogen) atoms. The van der Waals surface area contributed by atoms with Crippen LogP contribution in [-0.2, 0) is 23.3 Å². The van der Waals surface area contributed by atoms with Gasteiger partial charge in [0.25, 0.3) is 5.91 Å². The van der Waals surface area contributed by atoms with Gasteiger partial charge in [0.15, 0.2) is 5.82 Å². The number of nitrogens with one attached hydrogen (secondary N) is 2. The van der Waals surface area contributed by atoms with Crippen molar-refractivity contribution in [1.82, 2.24) is 25.2 Å². The molecule has 0 radical (unpaired) electrons. The van der Waals surface area contributed by atoms with Crippen LogP contribution in [0, 0.1) is 0 Å². The van der Waals surface area contributed by atoms with E-state index < -0.39 is 11.6 Å². The Balaban J connectivity index is 1.41. The predicted molar refractivity (Wildman–Crippen MR) is 112 cm³/mol. The molecule has 2 aliphatic rings. The molecule has 1 aliphatic carbocycles. The number of aryl methyl sites for hydroxylation is 1. The monoisotopic (exact) mass is 421 g/mol. The first kappa shape index (κ1) is 18.5. The lowest BCUT2D eigenvalue weighted by molar-refractivity contribution is -0.132. The van der Waals surface area contributed by atoms with Crippen LogP contribution in [0.1, 0.15) is 29.1 Å². The summed E-state index contributed by atoms with van der Waals surface area (Å²) >= 11 is 1.62. The fourth-order valence-electron chi connectivity index (χ4n) is 4.04. The summed E-state index contributed by atoms with van der Waals surface area (Å²) in [6, 6.07) is 10.9. The van der Waals surface area contributed by atoms with Gasteiger partial charge < -0.3 is 16.4 Å². The second kappa shape index (κ2) is 7.06. The molecule has 4 N–H and O–H groups in total. The van der Waals surface area contributed by atoms with E-state index in [0.717, 1.165) is 33.9 Å². The minimum absolute atomic E-state index is 0.0120. The second-order valence-electron chi connectivity index (χ2n) is 7.26. The molecule has 10 heteroatoms. The van der Waals surface area contributed by atoms with Crippen LogP contribution in [0.3, 0.4) is 0 Å². The van der Waals surface area contributed by atoms with Gasteiger partial charge in [-0.25, -0.2) is 4.79 Å². The Morgan fingerprint density at radius 1 is 1.17 bits per heavy atom. The zero-order chi connectivity index (χ0) is 20.7. The first-order valence-electron chi connectivity index (χ1n) is 9.59. The number of hydrogen-bond acceptors (Lipinski definition) is 8. The molecule has 1 fully saturated rings. The molecule has 1 unspecified atom stereocenters. The Labute approximate surface area is 176 Å². The molecule has 3 heterocycles. The molecule has 3 aromatic rings. The van der Waals surface area contributed by atoms with E-state index in [0.29, 0.717) is 6.42 Å². The molecule has 3 amide bonds. The molecule has 0 bridgehead atoms. The van der Waals surface area contributed by atoms with Crippen LogP contribution in [0.4, 0.5) is 22.4 Å². The highest BCUT2D eigenvalue weighted by atomic mass is 32.1. The highest BCUT2D eigenvalue weighted by molar-refractivity contribution is 7.10. The number of carbonyl (C=O) groups excluding carboxylic acids is 2. The summed E-state index contributed by atoms with van der Waals surface area (Å²) in [6.45, 7) is -0.0813. The van der Waals surface area contributed by atoms with Gasteiger partial charge in [0.05, 0.1) is 6.54 Å². The maximum atomic E-state index is 13.3. The van der Waals surface area contributed by atoms with Crippen molar-refractivity contribution >= 4 is 40.9 Å². The van der Waals surface area contributed by atoms with Gasteiger partial charge in [-0.2, -0.15) is 15.0 Å². The summed E-state index contributed by atoms with van der Waals surface area (Å²) in [5.41, 5.74) is 6.54. The van der Waals surface area contributed by atoms with Crippen molar-refractivity contribution in [3.8, 4) is 0 Å². The number of fused-ring (bicyclic) bond motifs is 2. The number of amides is 3. The van der Waals surface area contributed by atoms with Crippen LogP contribution >= 0.6 is 11.3 Å². The van der Waals surface area contributed by atoms with Gasteiger partial charge in [-0.3, -0.25) is 9.69 Å². The number of hydrogen-bond donors (Lipinski definition) is 3. The Hall–Kier alpha value is -3.53. The number of rotatable bonds is 4. The van der Waals surface area contributed by atoms with E-state index in [1.165, 1.54) is 0 Å². The molecular weight excluding hydrogens is 402 g/mol. The highest BCUT2D eigenvalue weighted by Crippen LogP contribution is 2.42. The van der Waals surface area contributed by atoms with E-state index in [2.05, 4.69) is 25.6 Å². The topological polar surface area (TPSA) is 126 Å². The van der Waals surface area contributed by atoms with Crippen molar-refractivity contribution in [3.05, 3.63) is 58.0 Å². The number of aromatic nitrogens is 3. The summed E-state index contributed by atoms with van der Waals surface area (Å²) < 4.78 is 0. The normalized spacial score (nSPS) is 20.3. The smallest absolute Gasteiger partial charge is 0.325 e. The number of imide groups is 1. The van der Waals surface area contributed by atoms with Gasteiger partial charge in [0.2, 0.25) is 11.9 Å². The van der Waals surface area contributed by atoms with E-state index >= 15 is 0 Å². The third-order valence-corrected chi connectivity index (χ3v) is 6.35. The molecule has 5 rings (SSSR count). The number of nitrogens with zero attached hydrogens (tertiary/aromatic N) is 4. The first-order valence-corrected chi connectivity index (χ1v) is 10.5. The van der Waals surface area contributed by atoms with Gasteiger partial charge in [0, 0.05) is 16.1 Å². The first-order chi connectivity index (χ1) is 14.5. The molecule has 1 atom stereocenters. The third-order valence-electron chi connectivity index (χ3n) is 5.37. The van der Waals surface area contributed by atoms with E-state index in [1.807, 2.05) is 41.8 Å². The van der Waals surface area contributed by atoms with Crippen molar-refractivity contribution in [2.45, 2.75) is 31.3 Å². The largest absolute Gasteiger partial charge is 0.368 e. The Bertz CT molecular complexity index is 1130. The maximum Gasteiger partial charge on any atom is 0.325 e. The SMILES string of the molecule is Nc1nc(CN2C(=O)NC3(CCCc4sccc43)C2=O)nc(Nc2ccccc2)n1. The maximum absolute atomic E-state index is 13.3. The number of benzene rings is 1. The summed E-state index contributed by atoms with van der Waals surface area (Å²) in [5.74, 6) is 0.229. The van der Waals surface area contributed by atoms with Crippen LogP contribution in [0.15, 0.2) is 41.8 Å². The summed E-state index contributed by atoms with van der Waals surface area (Å²) in [6.07, 6.45) is 2.35. The molecule has 1 spiro atoms. The number of nitrogens with two attached hydrogens (primary N) is 1. The Kier molecular flexibility index (Phi) is 4.35. The van der Waals surface area contributed by atoms with Gasteiger partial charge in [-0.15, -0.1) is 11.3 Å². The third kappa shape index (κ3) is 3.05. The lowest BCUT2D eigenvalue weighted by atomic mass is 9.80. The predicted octanol–water partition coefficient (Wildman–Crippen LogP) is 2.54. The zero-order valence-electron chi connectivity index (χ0n) is 16.0. The van der Waals surface area contributed by atoms with Crippen molar-refractivity contribution in [2.75, 3.05) is 11.1 Å². The van der Waals surface area contributed by atoms with Crippen molar-refractivity contribution < 1.29 is 9.59 Å². The number of anilines is 3. The summed E-state index contributed by atoms with van der Waals surface area (Å²) in [7, 11) is 0. The zero-order valence-corrected chi connectivity index (χ0v) is 16.8. The lowest BCUT2D eigenvalue weighted by Crippen LogP contribution is -2.46. The quantitative estimate of drug-likeness (QED) is 0.553.